The summed E-state index contributed by atoms with van der Waals surface area (Å²) in [5, 5.41) is 0. The Bertz CT molecular complexity index is 106. The van der Waals surface area contributed by atoms with Crippen molar-refractivity contribution >= 4 is 9.53 Å². The summed E-state index contributed by atoms with van der Waals surface area (Å²) in [5.41, 5.74) is 0. The lowest BCUT2D eigenvalue weighted by molar-refractivity contribution is 0.0870. The summed E-state index contributed by atoms with van der Waals surface area (Å²) in [7, 11) is -3.14. The number of alkyl halides is 3. The summed E-state index contributed by atoms with van der Waals surface area (Å²) in [6, 6.07) is 0. The van der Waals surface area contributed by atoms with Gasteiger partial charge < -0.3 is 14.4 Å². The average molecular weight is 176 g/mol. The highest BCUT2D eigenvalue weighted by Crippen LogP contribution is 2.44. The molecule has 0 aromatic rings. The molecule has 1 aliphatic rings. The molecular weight excluding hydrogens is 169 g/mol. The second-order valence-electron chi connectivity index (χ2n) is 1.78. The highest BCUT2D eigenvalue weighted by Gasteiger charge is 2.58. The summed E-state index contributed by atoms with van der Waals surface area (Å²) in [6.45, 7) is 0. The molecule has 1 rings (SSSR count). The fourth-order valence-electron chi connectivity index (χ4n) is 0.180. The second-order valence-corrected chi connectivity index (χ2v) is 2.47. The Balaban J connectivity index is 0.000000180. The molecule has 1 unspecified atom stereocenters. The molecule has 0 bridgehead atoms. The van der Waals surface area contributed by atoms with Gasteiger partial charge in [0.2, 0.25) is 0 Å². The summed E-state index contributed by atoms with van der Waals surface area (Å²) in [4.78, 5) is 21.9. The first kappa shape index (κ1) is 9.89. The van der Waals surface area contributed by atoms with Crippen LogP contribution in [0.25, 0.3) is 0 Å². The van der Waals surface area contributed by atoms with Crippen LogP contribution in [0.3, 0.4) is 0 Å². The average Bonchev–Trinajstić information content (AvgIpc) is 2.08. The van der Waals surface area contributed by atoms with E-state index in [0.717, 1.165) is 0 Å². The molecule has 1 aliphatic carbocycles. The van der Waals surface area contributed by atoms with E-state index in [1.807, 2.05) is 0 Å². The fraction of sp³-hybridized carbons (Fsp3) is 1.00. The maximum Gasteiger partial charge on any atom is 0.475 e. The molecule has 0 spiro atoms. The van der Waals surface area contributed by atoms with E-state index in [9.17, 15) is 13.2 Å². The second kappa shape index (κ2) is 3.33. The van der Waals surface area contributed by atoms with E-state index in [4.69, 9.17) is 14.4 Å². The van der Waals surface area contributed by atoms with Gasteiger partial charge in [-0.2, -0.15) is 0 Å². The zero-order valence-corrected chi connectivity index (χ0v) is 5.99. The number of hydrogen-bond donors (Lipinski definition) is 3. The molecule has 0 heterocycles. The first-order chi connectivity index (χ1) is 4.36. The predicted molar refractivity (Wildman–Crippen MR) is 28.3 cm³/mol. The van der Waals surface area contributed by atoms with Crippen LogP contribution in [0.4, 0.5) is 13.2 Å². The highest BCUT2D eigenvalue weighted by molar-refractivity contribution is 6.30. The molecule has 0 aromatic carbocycles. The van der Waals surface area contributed by atoms with Crippen molar-refractivity contribution in [1.82, 2.24) is 0 Å². The van der Waals surface area contributed by atoms with Gasteiger partial charge in [-0.1, -0.05) is 0 Å². The largest absolute Gasteiger partial charge is 0.475 e. The molecular formula is C3H7F3O3Si. The van der Waals surface area contributed by atoms with Crippen molar-refractivity contribution in [3.05, 3.63) is 0 Å². The van der Waals surface area contributed by atoms with Crippen LogP contribution in [-0.4, -0.2) is 36.0 Å². The molecule has 1 saturated carbocycles. The first-order valence-corrected chi connectivity index (χ1v) is 3.97. The van der Waals surface area contributed by atoms with Gasteiger partial charge in [0.05, 0.1) is 6.42 Å². The van der Waals surface area contributed by atoms with E-state index in [1.54, 1.807) is 0 Å². The summed E-state index contributed by atoms with van der Waals surface area (Å²) >= 11 is 0. The molecule has 1 fully saturated rings. The van der Waals surface area contributed by atoms with Crippen LogP contribution in [0.15, 0.2) is 0 Å². The molecule has 1 atom stereocenters. The maximum absolute atomic E-state index is 11.2. The van der Waals surface area contributed by atoms with Crippen LogP contribution in [-0.2, 0) is 0 Å². The normalized spacial score (nSPS) is 27.3. The van der Waals surface area contributed by atoms with Crippen molar-refractivity contribution in [3.8, 4) is 0 Å². The van der Waals surface area contributed by atoms with Gasteiger partial charge in [-0.15, -0.1) is 0 Å². The van der Waals surface area contributed by atoms with Crippen molar-refractivity contribution in [1.29, 1.82) is 0 Å². The Morgan fingerprint density at radius 3 is 1.40 bits per heavy atom. The van der Waals surface area contributed by atoms with Gasteiger partial charge in [0.1, 0.15) is 0 Å². The monoisotopic (exact) mass is 176 g/mol. The molecule has 0 radical (unpaired) electrons. The van der Waals surface area contributed by atoms with Crippen molar-refractivity contribution in [2.45, 2.75) is 18.5 Å². The van der Waals surface area contributed by atoms with Crippen LogP contribution in [0.1, 0.15) is 6.42 Å². The SMILES string of the molecule is FC1CC1(F)F.O[SiH](O)O. The van der Waals surface area contributed by atoms with E-state index in [1.165, 1.54) is 0 Å². The molecule has 3 N–H and O–H groups in total. The fourth-order valence-corrected chi connectivity index (χ4v) is 0.180. The van der Waals surface area contributed by atoms with Crippen LogP contribution in [0.5, 0.6) is 0 Å². The van der Waals surface area contributed by atoms with Crippen molar-refractivity contribution in [3.63, 3.8) is 0 Å². The Labute approximate surface area is 56.7 Å². The Morgan fingerprint density at radius 2 is 1.40 bits per heavy atom. The summed E-state index contributed by atoms with van der Waals surface area (Å²) in [6.07, 6.45) is -2.40. The van der Waals surface area contributed by atoms with Gasteiger partial charge in [0.15, 0.2) is 6.17 Å². The number of halogens is 3. The number of hydrogen-bond acceptors (Lipinski definition) is 3. The van der Waals surface area contributed by atoms with Gasteiger partial charge in [-0.05, 0) is 0 Å². The molecule has 10 heavy (non-hydrogen) atoms. The third-order valence-corrected chi connectivity index (χ3v) is 0.750. The first-order valence-electron chi connectivity index (χ1n) is 2.42. The van der Waals surface area contributed by atoms with Crippen molar-refractivity contribution in [2.24, 2.45) is 0 Å². The van der Waals surface area contributed by atoms with Gasteiger partial charge in [0, 0.05) is 0 Å². The quantitative estimate of drug-likeness (QED) is 0.417. The molecule has 62 valence electrons. The topological polar surface area (TPSA) is 60.7 Å². The van der Waals surface area contributed by atoms with Crippen molar-refractivity contribution < 1.29 is 27.6 Å². The predicted octanol–water partition coefficient (Wildman–Crippen LogP) is -0.956. The Morgan fingerprint density at radius 1 is 1.30 bits per heavy atom. The van der Waals surface area contributed by atoms with Crippen molar-refractivity contribution in [2.75, 3.05) is 0 Å². The van der Waals surface area contributed by atoms with E-state index in [2.05, 4.69) is 0 Å². The lowest BCUT2D eigenvalue weighted by atomic mass is 10.8. The zero-order chi connectivity index (χ0) is 8.36. The third-order valence-electron chi connectivity index (χ3n) is 0.750. The lowest BCUT2D eigenvalue weighted by Crippen LogP contribution is -2.07. The maximum atomic E-state index is 11.2. The molecule has 0 aliphatic heterocycles. The Kier molecular flexibility index (Phi) is 3.29. The molecule has 0 aromatic heterocycles. The minimum atomic E-state index is -3.14. The smallest absolute Gasteiger partial charge is 0.392 e. The van der Waals surface area contributed by atoms with Gasteiger partial charge in [-0.25, -0.2) is 13.2 Å². The van der Waals surface area contributed by atoms with Gasteiger partial charge in [0.25, 0.3) is 5.92 Å². The van der Waals surface area contributed by atoms with Crippen LogP contribution in [0, 0.1) is 0 Å². The van der Waals surface area contributed by atoms with Gasteiger partial charge >= 0.3 is 9.53 Å². The van der Waals surface area contributed by atoms with Gasteiger partial charge in [-0.3, -0.25) is 0 Å². The highest BCUT2D eigenvalue weighted by atomic mass is 28.3. The van der Waals surface area contributed by atoms with E-state index in [-0.39, 0.29) is 0 Å². The summed E-state index contributed by atoms with van der Waals surface area (Å²) < 4.78 is 33.4. The zero-order valence-electron chi connectivity index (χ0n) is 4.84. The molecule has 3 nitrogen and oxygen atoms in total. The van der Waals surface area contributed by atoms with Crippen LogP contribution >= 0.6 is 0 Å². The third kappa shape index (κ3) is 4.74. The molecule has 0 saturated heterocycles. The van der Waals surface area contributed by atoms with E-state index >= 15 is 0 Å². The summed E-state index contributed by atoms with van der Waals surface area (Å²) in [5.74, 6) is -2.96. The minimum absolute atomic E-state index is 0.562. The molecule has 0 amide bonds. The van der Waals surface area contributed by atoms with Crippen LogP contribution < -0.4 is 0 Å². The Hall–Kier alpha value is -0.113. The standard InChI is InChI=1S/C3H3F3.H4O3Si/c4-2-1-3(2,5)6;1-4(2)3/h2H,1H2;1-4H. The van der Waals surface area contributed by atoms with Crippen LogP contribution in [0.2, 0.25) is 0 Å². The minimum Gasteiger partial charge on any atom is -0.392 e. The van der Waals surface area contributed by atoms with E-state index < -0.39 is 28.0 Å². The lowest BCUT2D eigenvalue weighted by Gasteiger charge is -1.79. The number of rotatable bonds is 0. The molecule has 7 heteroatoms. The van der Waals surface area contributed by atoms with E-state index in [0.29, 0.717) is 0 Å².